The molecule has 1 aliphatic rings. The van der Waals surface area contributed by atoms with Crippen LogP contribution in [-0.2, 0) is 9.59 Å². The molecule has 1 fully saturated rings. The van der Waals surface area contributed by atoms with Crippen LogP contribution < -0.4 is 0 Å². The van der Waals surface area contributed by atoms with Gasteiger partial charge in [-0.15, -0.1) is 0 Å². The number of hydrogen-bond donors (Lipinski definition) is 1. The summed E-state index contributed by atoms with van der Waals surface area (Å²) in [6.07, 6.45) is 1.44. The Labute approximate surface area is 150 Å². The molecule has 1 saturated heterocycles. The van der Waals surface area contributed by atoms with E-state index in [1.54, 1.807) is 12.1 Å². The number of likely N-dealkylation sites (tertiary alicyclic amines) is 1. The third kappa shape index (κ3) is 3.25. The first-order valence-corrected chi connectivity index (χ1v) is 8.12. The van der Waals surface area contributed by atoms with Crippen molar-refractivity contribution in [1.82, 2.24) is 9.80 Å². The third-order valence-electron chi connectivity index (χ3n) is 4.26. The Balaban J connectivity index is 2.09. The molecule has 3 rings (SSSR count). The molecule has 2 aromatic rings. The van der Waals surface area contributed by atoms with Crippen molar-refractivity contribution in [3.05, 3.63) is 65.4 Å². The summed E-state index contributed by atoms with van der Waals surface area (Å²) in [5.74, 6) is -1.91. The van der Waals surface area contributed by atoms with E-state index in [0.717, 1.165) is 0 Å². The van der Waals surface area contributed by atoms with Crippen LogP contribution in [0.5, 0.6) is 0 Å². The summed E-state index contributed by atoms with van der Waals surface area (Å²) in [6, 6.07) is 7.55. The fourth-order valence-electron chi connectivity index (χ4n) is 2.92. The molecular formula is C19H19FN2O4. The van der Waals surface area contributed by atoms with Crippen LogP contribution in [0.15, 0.2) is 52.7 Å². The molecule has 0 unspecified atom stereocenters. The number of aliphatic hydroxyl groups is 1. The summed E-state index contributed by atoms with van der Waals surface area (Å²) in [4.78, 5) is 28.4. The minimum atomic E-state index is -0.824. The number of benzene rings is 1. The number of halogens is 1. The topological polar surface area (TPSA) is 74.0 Å². The predicted octanol–water partition coefficient (Wildman–Crippen LogP) is 2.40. The molecule has 1 aromatic heterocycles. The normalized spacial score (nSPS) is 19.5. The Morgan fingerprint density at radius 2 is 1.92 bits per heavy atom. The summed E-state index contributed by atoms with van der Waals surface area (Å²) < 4.78 is 18.6. The molecule has 6 nitrogen and oxygen atoms in total. The van der Waals surface area contributed by atoms with Crippen molar-refractivity contribution in [2.24, 2.45) is 0 Å². The lowest BCUT2D eigenvalue weighted by Gasteiger charge is -2.24. The average Bonchev–Trinajstić information content (AvgIpc) is 3.21. The zero-order chi connectivity index (χ0) is 18.8. The van der Waals surface area contributed by atoms with Gasteiger partial charge in [-0.05, 0) is 50.5 Å². The van der Waals surface area contributed by atoms with E-state index in [1.807, 2.05) is 19.0 Å². The number of rotatable bonds is 5. The minimum absolute atomic E-state index is 0.0599. The summed E-state index contributed by atoms with van der Waals surface area (Å²) in [7, 11) is 3.72. The van der Waals surface area contributed by atoms with Gasteiger partial charge in [0.1, 0.15) is 23.4 Å². The fraction of sp³-hybridized carbons (Fsp3) is 0.263. The number of carbonyl (C=O) groups is 2. The highest BCUT2D eigenvalue weighted by molar-refractivity contribution is 6.46. The highest BCUT2D eigenvalue weighted by Gasteiger charge is 2.47. The maximum absolute atomic E-state index is 13.2. The molecule has 1 amide bonds. The van der Waals surface area contributed by atoms with E-state index in [9.17, 15) is 19.1 Å². The van der Waals surface area contributed by atoms with Gasteiger partial charge in [0.2, 0.25) is 0 Å². The van der Waals surface area contributed by atoms with Gasteiger partial charge >= 0.3 is 0 Å². The number of furan rings is 1. The molecule has 1 N–H and O–H groups in total. The highest BCUT2D eigenvalue weighted by Crippen LogP contribution is 2.39. The molecule has 2 heterocycles. The van der Waals surface area contributed by atoms with Crippen LogP contribution in [0.3, 0.4) is 0 Å². The number of Topliss-reactive ketones (excluding diaryl/α,β-unsaturated/α-hetero) is 1. The van der Waals surface area contributed by atoms with Crippen molar-refractivity contribution in [2.75, 3.05) is 27.2 Å². The average molecular weight is 358 g/mol. The van der Waals surface area contributed by atoms with Crippen molar-refractivity contribution in [1.29, 1.82) is 0 Å². The molecule has 0 saturated carbocycles. The Kier molecular flexibility index (Phi) is 4.90. The van der Waals surface area contributed by atoms with Gasteiger partial charge in [0, 0.05) is 18.7 Å². The van der Waals surface area contributed by atoms with Crippen LogP contribution in [-0.4, -0.2) is 53.8 Å². The van der Waals surface area contributed by atoms with Gasteiger partial charge in [-0.2, -0.15) is 0 Å². The molecule has 0 radical (unpaired) electrons. The van der Waals surface area contributed by atoms with Crippen LogP contribution in [0.2, 0.25) is 0 Å². The summed E-state index contributed by atoms with van der Waals surface area (Å²) >= 11 is 0. The molecule has 0 spiro atoms. The van der Waals surface area contributed by atoms with Gasteiger partial charge in [0.05, 0.1) is 11.8 Å². The molecule has 0 bridgehead atoms. The monoisotopic (exact) mass is 358 g/mol. The lowest BCUT2D eigenvalue weighted by molar-refractivity contribution is -0.140. The highest BCUT2D eigenvalue weighted by atomic mass is 19.1. The van der Waals surface area contributed by atoms with Crippen molar-refractivity contribution in [3.8, 4) is 0 Å². The van der Waals surface area contributed by atoms with Gasteiger partial charge < -0.3 is 19.3 Å². The number of ketones is 1. The van der Waals surface area contributed by atoms with Crippen LogP contribution in [0.1, 0.15) is 17.4 Å². The summed E-state index contributed by atoms with van der Waals surface area (Å²) in [5.41, 5.74) is 0.198. The van der Waals surface area contributed by atoms with E-state index in [1.165, 1.54) is 35.4 Å². The quantitative estimate of drug-likeness (QED) is 0.505. The number of likely N-dealkylation sites (N-methyl/N-ethyl adjacent to an activating group) is 1. The Morgan fingerprint density at radius 1 is 1.23 bits per heavy atom. The second-order valence-electron chi connectivity index (χ2n) is 6.32. The zero-order valence-corrected chi connectivity index (χ0v) is 14.5. The number of hydrogen-bond acceptors (Lipinski definition) is 5. The van der Waals surface area contributed by atoms with E-state index in [0.29, 0.717) is 18.8 Å². The van der Waals surface area contributed by atoms with Crippen molar-refractivity contribution in [2.45, 2.75) is 6.04 Å². The Hall–Kier alpha value is -2.93. The maximum Gasteiger partial charge on any atom is 0.295 e. The van der Waals surface area contributed by atoms with Crippen LogP contribution in [0, 0.1) is 5.82 Å². The summed E-state index contributed by atoms with van der Waals surface area (Å²) in [5, 5.41) is 10.7. The molecule has 1 aliphatic heterocycles. The van der Waals surface area contributed by atoms with Crippen molar-refractivity contribution >= 4 is 17.4 Å². The van der Waals surface area contributed by atoms with E-state index in [2.05, 4.69) is 0 Å². The number of aliphatic hydroxyl groups excluding tert-OH is 1. The van der Waals surface area contributed by atoms with Gasteiger partial charge in [-0.25, -0.2) is 4.39 Å². The van der Waals surface area contributed by atoms with E-state index >= 15 is 0 Å². The Morgan fingerprint density at radius 3 is 2.50 bits per heavy atom. The second kappa shape index (κ2) is 7.13. The van der Waals surface area contributed by atoms with Crippen LogP contribution in [0.25, 0.3) is 5.76 Å². The summed E-state index contributed by atoms with van der Waals surface area (Å²) in [6.45, 7) is 0.837. The molecule has 0 aliphatic carbocycles. The molecule has 26 heavy (non-hydrogen) atoms. The second-order valence-corrected chi connectivity index (χ2v) is 6.32. The standard InChI is InChI=1S/C19H19FN2O4/c1-21(2)9-10-22-16(14-4-3-11-26-14)15(18(24)19(22)25)17(23)12-5-7-13(20)8-6-12/h3-8,11,16,23H,9-10H2,1-2H3/t16-/m1/s1. The Bertz CT molecular complexity index is 841. The smallest absolute Gasteiger partial charge is 0.295 e. The van der Waals surface area contributed by atoms with Crippen LogP contribution in [0.4, 0.5) is 4.39 Å². The van der Waals surface area contributed by atoms with Crippen molar-refractivity contribution in [3.63, 3.8) is 0 Å². The molecule has 7 heteroatoms. The van der Waals surface area contributed by atoms with E-state index < -0.39 is 23.5 Å². The zero-order valence-electron chi connectivity index (χ0n) is 14.5. The maximum atomic E-state index is 13.2. The SMILES string of the molecule is CN(C)CCN1C(=O)C(=O)C(=C(O)c2ccc(F)cc2)[C@H]1c1ccco1. The van der Waals surface area contributed by atoms with Gasteiger partial charge in [0.25, 0.3) is 11.7 Å². The largest absolute Gasteiger partial charge is 0.507 e. The van der Waals surface area contributed by atoms with Gasteiger partial charge in [0.15, 0.2) is 0 Å². The van der Waals surface area contributed by atoms with Crippen LogP contribution >= 0.6 is 0 Å². The molecule has 1 atom stereocenters. The third-order valence-corrected chi connectivity index (χ3v) is 4.26. The van der Waals surface area contributed by atoms with Gasteiger partial charge in [-0.1, -0.05) is 0 Å². The van der Waals surface area contributed by atoms with E-state index in [-0.39, 0.29) is 16.9 Å². The number of amides is 1. The van der Waals surface area contributed by atoms with E-state index in [4.69, 9.17) is 4.42 Å². The molecule has 136 valence electrons. The molecule has 1 aromatic carbocycles. The lowest BCUT2D eigenvalue weighted by atomic mass is 9.99. The number of nitrogens with zero attached hydrogens (tertiary/aromatic N) is 2. The van der Waals surface area contributed by atoms with Crippen molar-refractivity contribution < 1.29 is 23.5 Å². The first kappa shape index (κ1) is 17.9. The lowest BCUT2D eigenvalue weighted by Crippen LogP contribution is -2.35. The first-order valence-electron chi connectivity index (χ1n) is 8.12. The fourth-order valence-corrected chi connectivity index (χ4v) is 2.92. The predicted molar refractivity (Wildman–Crippen MR) is 92.7 cm³/mol. The first-order chi connectivity index (χ1) is 12.4. The van der Waals surface area contributed by atoms with Gasteiger partial charge in [-0.3, -0.25) is 9.59 Å². The minimum Gasteiger partial charge on any atom is -0.507 e. The number of carbonyl (C=O) groups excluding carboxylic acids is 2. The molecular weight excluding hydrogens is 339 g/mol.